The van der Waals surface area contributed by atoms with Crippen LogP contribution in [0.15, 0.2) is 95.9 Å². The molecule has 2 amide bonds. The minimum absolute atomic E-state index is 0.0420. The van der Waals surface area contributed by atoms with Crippen molar-refractivity contribution in [3.63, 3.8) is 0 Å². The lowest BCUT2D eigenvalue weighted by molar-refractivity contribution is 0.0948. The van der Waals surface area contributed by atoms with Crippen molar-refractivity contribution in [2.75, 3.05) is 5.32 Å². The molecular formula is C26H19ClFN3O3. The number of anilines is 1. The van der Waals surface area contributed by atoms with Crippen LogP contribution in [0.25, 0.3) is 5.69 Å². The van der Waals surface area contributed by atoms with E-state index < -0.39 is 17.3 Å². The highest BCUT2D eigenvalue weighted by Gasteiger charge is 2.14. The Hall–Kier alpha value is -4.23. The molecule has 1 heterocycles. The summed E-state index contributed by atoms with van der Waals surface area (Å²) in [5.41, 5.74) is 1.08. The Balaban J connectivity index is 1.49. The largest absolute Gasteiger partial charge is 0.348 e. The molecule has 0 bridgehead atoms. The highest BCUT2D eigenvalue weighted by Crippen LogP contribution is 2.18. The number of aromatic nitrogens is 1. The second kappa shape index (κ2) is 10.1. The molecule has 0 radical (unpaired) electrons. The number of hydrogen-bond acceptors (Lipinski definition) is 3. The number of halogens is 2. The SMILES string of the molecule is O=C(Nc1ccc(-n2cccc(C(=O)NCc3ccccc3F)c2=O)cc1)c1ccccc1Cl. The van der Waals surface area contributed by atoms with Crippen LogP contribution >= 0.6 is 11.6 Å². The Bertz CT molecular complexity index is 1420. The van der Waals surface area contributed by atoms with Gasteiger partial charge in [-0.2, -0.15) is 0 Å². The topological polar surface area (TPSA) is 80.2 Å². The van der Waals surface area contributed by atoms with Crippen LogP contribution in [0.4, 0.5) is 10.1 Å². The third kappa shape index (κ3) is 5.05. The summed E-state index contributed by atoms with van der Waals surface area (Å²) < 4.78 is 15.1. The number of nitrogens with one attached hydrogen (secondary N) is 2. The molecule has 0 aliphatic rings. The lowest BCUT2D eigenvalue weighted by Gasteiger charge is -2.11. The predicted molar refractivity (Wildman–Crippen MR) is 129 cm³/mol. The van der Waals surface area contributed by atoms with Gasteiger partial charge in [0.1, 0.15) is 11.4 Å². The van der Waals surface area contributed by atoms with Crippen LogP contribution in [-0.2, 0) is 6.54 Å². The molecule has 1 aromatic heterocycles. The van der Waals surface area contributed by atoms with E-state index in [4.69, 9.17) is 11.6 Å². The molecule has 8 heteroatoms. The van der Waals surface area contributed by atoms with E-state index in [1.165, 1.54) is 22.9 Å². The van der Waals surface area contributed by atoms with E-state index in [-0.39, 0.29) is 18.0 Å². The predicted octanol–water partition coefficient (Wildman–Crippen LogP) is 4.81. The van der Waals surface area contributed by atoms with E-state index in [1.807, 2.05) is 0 Å². The Morgan fingerprint density at radius 3 is 2.24 bits per heavy atom. The van der Waals surface area contributed by atoms with Crippen molar-refractivity contribution < 1.29 is 14.0 Å². The zero-order valence-corrected chi connectivity index (χ0v) is 18.6. The third-order valence-electron chi connectivity index (χ3n) is 5.11. The number of carbonyl (C=O) groups excluding carboxylic acids is 2. The molecule has 0 atom stereocenters. The van der Waals surface area contributed by atoms with Gasteiger partial charge in [-0.1, -0.05) is 41.9 Å². The van der Waals surface area contributed by atoms with Crippen LogP contribution in [0.2, 0.25) is 5.02 Å². The third-order valence-corrected chi connectivity index (χ3v) is 5.44. The quantitative estimate of drug-likeness (QED) is 0.420. The van der Waals surface area contributed by atoms with Crippen LogP contribution in [-0.4, -0.2) is 16.4 Å². The van der Waals surface area contributed by atoms with Crippen LogP contribution in [0.1, 0.15) is 26.3 Å². The van der Waals surface area contributed by atoms with Crippen LogP contribution < -0.4 is 16.2 Å². The summed E-state index contributed by atoms with van der Waals surface area (Å²) in [7, 11) is 0. The van der Waals surface area contributed by atoms with E-state index in [0.29, 0.717) is 27.5 Å². The van der Waals surface area contributed by atoms with Crippen molar-refractivity contribution in [3.05, 3.63) is 129 Å². The Morgan fingerprint density at radius 2 is 1.50 bits per heavy atom. The van der Waals surface area contributed by atoms with Crippen molar-refractivity contribution in [1.82, 2.24) is 9.88 Å². The van der Waals surface area contributed by atoms with Crippen LogP contribution in [0, 0.1) is 5.82 Å². The van der Waals surface area contributed by atoms with E-state index in [2.05, 4.69) is 10.6 Å². The number of pyridine rings is 1. The first-order valence-corrected chi connectivity index (χ1v) is 10.7. The molecular weight excluding hydrogens is 457 g/mol. The van der Waals surface area contributed by atoms with Gasteiger partial charge in [-0.3, -0.25) is 19.0 Å². The molecule has 0 unspecified atom stereocenters. The number of rotatable bonds is 6. The summed E-state index contributed by atoms with van der Waals surface area (Å²) in [5, 5.41) is 5.67. The van der Waals surface area contributed by atoms with E-state index in [1.54, 1.807) is 72.8 Å². The molecule has 0 fully saturated rings. The summed E-state index contributed by atoms with van der Waals surface area (Å²) in [6, 6.07) is 22.3. The number of nitrogens with zero attached hydrogens (tertiary/aromatic N) is 1. The smallest absolute Gasteiger partial charge is 0.267 e. The van der Waals surface area contributed by atoms with E-state index in [0.717, 1.165) is 0 Å². The molecule has 0 aliphatic heterocycles. The monoisotopic (exact) mass is 475 g/mol. The van der Waals surface area contributed by atoms with Crippen molar-refractivity contribution >= 4 is 29.1 Å². The van der Waals surface area contributed by atoms with Gasteiger partial charge < -0.3 is 10.6 Å². The number of benzene rings is 3. The molecule has 0 saturated heterocycles. The Labute approximate surface area is 199 Å². The lowest BCUT2D eigenvalue weighted by atomic mass is 10.2. The molecule has 6 nitrogen and oxygen atoms in total. The maximum Gasteiger partial charge on any atom is 0.267 e. The number of carbonyl (C=O) groups is 2. The Morgan fingerprint density at radius 1 is 0.824 bits per heavy atom. The fourth-order valence-corrected chi connectivity index (χ4v) is 3.55. The van der Waals surface area contributed by atoms with Gasteiger partial charge in [0.15, 0.2) is 0 Å². The summed E-state index contributed by atoms with van der Waals surface area (Å²) in [6.45, 7) is -0.0420. The van der Waals surface area contributed by atoms with Crippen molar-refractivity contribution in [1.29, 1.82) is 0 Å². The molecule has 4 aromatic rings. The molecule has 4 rings (SSSR count). The molecule has 2 N–H and O–H groups in total. The summed E-state index contributed by atoms with van der Waals surface area (Å²) >= 11 is 6.06. The van der Waals surface area contributed by atoms with Gasteiger partial charge in [0.2, 0.25) is 0 Å². The molecule has 34 heavy (non-hydrogen) atoms. The average Bonchev–Trinajstić information content (AvgIpc) is 2.84. The van der Waals surface area contributed by atoms with Gasteiger partial charge in [-0.05, 0) is 54.6 Å². The summed E-state index contributed by atoms with van der Waals surface area (Å²) in [4.78, 5) is 37.9. The molecule has 170 valence electrons. The van der Waals surface area contributed by atoms with Gasteiger partial charge in [-0.25, -0.2) is 4.39 Å². The zero-order valence-electron chi connectivity index (χ0n) is 17.8. The summed E-state index contributed by atoms with van der Waals surface area (Å²) in [5.74, 6) is -1.40. The van der Waals surface area contributed by atoms with Gasteiger partial charge in [0.05, 0.1) is 10.6 Å². The van der Waals surface area contributed by atoms with Crippen molar-refractivity contribution in [2.45, 2.75) is 6.54 Å². The first-order chi connectivity index (χ1) is 16.4. The van der Waals surface area contributed by atoms with E-state index in [9.17, 15) is 18.8 Å². The van der Waals surface area contributed by atoms with Crippen LogP contribution in [0.5, 0.6) is 0 Å². The molecule has 0 saturated carbocycles. The van der Waals surface area contributed by atoms with Crippen molar-refractivity contribution in [3.8, 4) is 5.69 Å². The van der Waals surface area contributed by atoms with Crippen LogP contribution in [0.3, 0.4) is 0 Å². The molecule has 0 spiro atoms. The van der Waals surface area contributed by atoms with Gasteiger partial charge in [0, 0.05) is 29.7 Å². The highest BCUT2D eigenvalue weighted by molar-refractivity contribution is 6.34. The fourth-order valence-electron chi connectivity index (χ4n) is 3.33. The average molecular weight is 476 g/mol. The standard InChI is InChI=1S/C26H19ClFN3O3/c27-22-9-3-2-7-20(22)25(33)30-18-11-13-19(14-12-18)31-15-5-8-21(26(31)34)24(32)29-16-17-6-1-4-10-23(17)28/h1-15H,16H2,(H,29,32)(H,30,33). The number of hydrogen-bond donors (Lipinski definition) is 2. The first-order valence-electron chi connectivity index (χ1n) is 10.3. The fraction of sp³-hybridized carbons (Fsp3) is 0.0385. The summed E-state index contributed by atoms with van der Waals surface area (Å²) in [6.07, 6.45) is 1.54. The van der Waals surface area contributed by atoms with Gasteiger partial charge >= 0.3 is 0 Å². The number of amides is 2. The van der Waals surface area contributed by atoms with E-state index >= 15 is 0 Å². The first kappa shape index (κ1) is 22.9. The maximum absolute atomic E-state index is 13.8. The maximum atomic E-state index is 13.8. The Kier molecular flexibility index (Phi) is 6.85. The minimum Gasteiger partial charge on any atom is -0.348 e. The normalized spacial score (nSPS) is 10.5. The molecule has 0 aliphatic carbocycles. The van der Waals surface area contributed by atoms with Crippen molar-refractivity contribution in [2.24, 2.45) is 0 Å². The van der Waals surface area contributed by atoms with Gasteiger partial charge in [-0.15, -0.1) is 0 Å². The second-order valence-corrected chi connectivity index (χ2v) is 7.76. The van der Waals surface area contributed by atoms with Gasteiger partial charge in [0.25, 0.3) is 17.4 Å². The second-order valence-electron chi connectivity index (χ2n) is 7.35. The molecule has 3 aromatic carbocycles. The lowest BCUT2D eigenvalue weighted by Crippen LogP contribution is -2.32. The zero-order chi connectivity index (χ0) is 24.1. The minimum atomic E-state index is -0.605. The highest BCUT2D eigenvalue weighted by atomic mass is 35.5.